The van der Waals surface area contributed by atoms with Gasteiger partial charge in [0.05, 0.1) is 0 Å². The van der Waals surface area contributed by atoms with Gasteiger partial charge < -0.3 is 4.90 Å². The minimum atomic E-state index is -0.632. The zero-order chi connectivity index (χ0) is 28.4. The van der Waals surface area contributed by atoms with Crippen molar-refractivity contribution in [2.45, 2.75) is 13.0 Å². The zero-order valence-corrected chi connectivity index (χ0v) is 26.7. The fraction of sp³-hybridized carbons (Fsp3) is 0.105. The van der Waals surface area contributed by atoms with Gasteiger partial charge >= 0.3 is 17.1 Å². The predicted octanol–water partition coefficient (Wildman–Crippen LogP) is 7.62. The Kier molecular flexibility index (Phi) is 11.7. The van der Waals surface area contributed by atoms with Crippen molar-refractivity contribution >= 4 is 31.8 Å². The molecule has 205 valence electrons. The molecule has 3 aromatic rings. The van der Waals surface area contributed by atoms with E-state index in [1.54, 1.807) is 0 Å². The third kappa shape index (κ3) is 7.66. The number of nitrogens with zero attached hydrogens (tertiary/aromatic N) is 1. The molecule has 0 saturated heterocycles. The van der Waals surface area contributed by atoms with Crippen LogP contribution in [0.25, 0.3) is 0 Å². The third-order valence-electron chi connectivity index (χ3n) is 6.75. The Morgan fingerprint density at radius 3 is 1.79 bits per heavy atom. The first kappa shape index (κ1) is 31.4. The molecule has 1 nitrogen and oxygen atoms in total. The molecular formula is C38H30FeNP2. The van der Waals surface area contributed by atoms with Crippen molar-refractivity contribution in [2.75, 3.05) is 14.1 Å². The minimum absolute atomic E-state index is 0. The fourth-order valence-electron chi connectivity index (χ4n) is 4.47. The van der Waals surface area contributed by atoms with Crippen LogP contribution in [0.15, 0.2) is 165 Å². The second kappa shape index (κ2) is 15.7. The smallest absolute Gasteiger partial charge is 0.302 e. The number of likely N-dealkylation sites (N-methyl/N-ethyl adjacent to an activating group) is 1. The molecule has 0 saturated carbocycles. The van der Waals surface area contributed by atoms with Crippen LogP contribution in [-0.4, -0.2) is 25.0 Å². The van der Waals surface area contributed by atoms with E-state index in [9.17, 15) is 0 Å². The monoisotopic (exact) mass is 618 g/mol. The SMILES string of the molecule is C1=C=[C-]C(P(c2ccccc2)c2ccccc2)=C=1.C[C@H](C1=C=C=C=C1P(C1=C[CH]C=C[CH-]1)c1ccccc1)N(C)C.[Fe+2]. The Morgan fingerprint density at radius 1 is 0.738 bits per heavy atom. The quantitative estimate of drug-likeness (QED) is 0.109. The summed E-state index contributed by atoms with van der Waals surface area (Å²) >= 11 is 0. The summed E-state index contributed by atoms with van der Waals surface area (Å²) < 4.78 is 0. The van der Waals surface area contributed by atoms with E-state index in [1.807, 2.05) is 12.1 Å². The summed E-state index contributed by atoms with van der Waals surface area (Å²) in [5.74, 6) is 0. The normalized spacial score (nSPS) is 15.3. The van der Waals surface area contributed by atoms with E-state index < -0.39 is 15.8 Å². The molecule has 0 aliphatic heterocycles. The van der Waals surface area contributed by atoms with Gasteiger partial charge in [0.1, 0.15) is 0 Å². The molecule has 42 heavy (non-hydrogen) atoms. The van der Waals surface area contributed by atoms with Gasteiger partial charge in [0.2, 0.25) is 0 Å². The van der Waals surface area contributed by atoms with Crippen LogP contribution in [0.5, 0.6) is 0 Å². The number of hydrogen-bond donors (Lipinski definition) is 0. The van der Waals surface area contributed by atoms with E-state index in [0.29, 0.717) is 6.04 Å². The fourth-order valence-corrected chi connectivity index (χ4v) is 8.96. The Morgan fingerprint density at radius 2 is 1.31 bits per heavy atom. The third-order valence-corrected chi connectivity index (χ3v) is 11.5. The first-order chi connectivity index (χ1) is 20.1. The summed E-state index contributed by atoms with van der Waals surface area (Å²) in [6.07, 6.45) is 13.8. The summed E-state index contributed by atoms with van der Waals surface area (Å²) in [5.41, 5.74) is 19.8. The largest absolute Gasteiger partial charge is 2.00 e. The maximum Gasteiger partial charge on any atom is 2.00 e. The molecule has 0 fully saturated rings. The molecule has 0 bridgehead atoms. The van der Waals surface area contributed by atoms with E-state index in [2.05, 4.69) is 176 Å². The molecule has 0 aromatic heterocycles. The molecule has 1 radical (unpaired) electrons. The van der Waals surface area contributed by atoms with Crippen LogP contribution in [0.4, 0.5) is 0 Å². The van der Waals surface area contributed by atoms with Crippen LogP contribution >= 0.6 is 15.8 Å². The van der Waals surface area contributed by atoms with Crippen LogP contribution < -0.4 is 15.9 Å². The molecule has 3 aromatic carbocycles. The van der Waals surface area contributed by atoms with Crippen molar-refractivity contribution in [3.8, 4) is 0 Å². The molecule has 0 spiro atoms. The average Bonchev–Trinajstić information content (AvgIpc) is 3.73. The van der Waals surface area contributed by atoms with E-state index >= 15 is 0 Å². The maximum absolute atomic E-state index is 3.36. The summed E-state index contributed by atoms with van der Waals surface area (Å²) in [5, 5.41) is 7.58. The molecule has 3 aliphatic carbocycles. The van der Waals surface area contributed by atoms with Gasteiger partial charge in [0.15, 0.2) is 0 Å². The average molecular weight is 618 g/mol. The van der Waals surface area contributed by atoms with Crippen LogP contribution in [0.3, 0.4) is 0 Å². The molecular weight excluding hydrogens is 588 g/mol. The van der Waals surface area contributed by atoms with Gasteiger partial charge in [-0.1, -0.05) is 108 Å². The Bertz CT molecular complexity index is 1690. The molecule has 1 unspecified atom stereocenters. The van der Waals surface area contributed by atoms with Gasteiger partial charge in [-0.25, -0.2) is 5.73 Å². The number of rotatable bonds is 8. The first-order valence-electron chi connectivity index (χ1n) is 13.5. The summed E-state index contributed by atoms with van der Waals surface area (Å²) in [4.78, 5) is 2.21. The van der Waals surface area contributed by atoms with Gasteiger partial charge in [0, 0.05) is 16.9 Å². The van der Waals surface area contributed by atoms with Crippen molar-refractivity contribution in [3.05, 3.63) is 184 Å². The molecule has 0 heterocycles. The molecule has 0 amide bonds. The van der Waals surface area contributed by atoms with Gasteiger partial charge in [-0.05, 0) is 58.5 Å². The Balaban J connectivity index is 0.000000193. The van der Waals surface area contributed by atoms with E-state index in [1.165, 1.54) is 32.1 Å². The molecule has 4 heteroatoms. The second-order valence-electron chi connectivity index (χ2n) is 9.64. The molecule has 6 rings (SSSR count). The first-order valence-corrected chi connectivity index (χ1v) is 16.2. The Labute approximate surface area is 263 Å². The van der Waals surface area contributed by atoms with Crippen LogP contribution in [0.1, 0.15) is 6.92 Å². The Hall–Kier alpha value is -3.49. The topological polar surface area (TPSA) is 3.24 Å². The summed E-state index contributed by atoms with van der Waals surface area (Å²) in [7, 11) is 2.99. The van der Waals surface area contributed by atoms with Gasteiger partial charge in [0.25, 0.3) is 0 Å². The standard InChI is InChI=1S/C21H20NP.C17H10P.Fe/c1-17(22(2)3)20-15-10-16-21(20)23(18-11-6-4-7-12-18)19-13-8-5-9-14-19;1-3-9-15(10-4-1)18(17-13-7-8-14-17)16-11-5-2-6-12-16;/h4-9,11-14,17H,1-3H3;1-6,9-12H;/q2*-1;+2/t17-;;/m1../s1. The van der Waals surface area contributed by atoms with Gasteiger partial charge in [-0.2, -0.15) is 24.6 Å². The van der Waals surface area contributed by atoms with Crippen LogP contribution in [-0.2, 0) is 17.1 Å². The summed E-state index contributed by atoms with van der Waals surface area (Å²) in [6.45, 7) is 2.21. The van der Waals surface area contributed by atoms with Crippen LogP contribution in [0.2, 0.25) is 0 Å². The van der Waals surface area contributed by atoms with Crippen molar-refractivity contribution in [1.29, 1.82) is 0 Å². The van der Waals surface area contributed by atoms with E-state index in [0.717, 1.165) is 5.31 Å². The molecule has 2 atom stereocenters. The number of allylic oxidation sites excluding steroid dienone is 6. The van der Waals surface area contributed by atoms with Gasteiger partial charge in [-0.15, -0.1) is 17.8 Å². The van der Waals surface area contributed by atoms with E-state index in [-0.39, 0.29) is 17.1 Å². The second-order valence-corrected chi connectivity index (χ2v) is 13.9. The predicted molar refractivity (Wildman–Crippen MR) is 176 cm³/mol. The van der Waals surface area contributed by atoms with Crippen molar-refractivity contribution in [3.63, 3.8) is 0 Å². The summed E-state index contributed by atoms with van der Waals surface area (Å²) in [6, 6.07) is 32.0. The van der Waals surface area contributed by atoms with E-state index in [4.69, 9.17) is 0 Å². The zero-order valence-electron chi connectivity index (χ0n) is 23.8. The van der Waals surface area contributed by atoms with Crippen molar-refractivity contribution in [2.24, 2.45) is 0 Å². The van der Waals surface area contributed by atoms with Crippen molar-refractivity contribution in [1.82, 2.24) is 4.90 Å². The van der Waals surface area contributed by atoms with Gasteiger partial charge in [-0.3, -0.25) is 11.5 Å². The number of benzene rings is 3. The minimum Gasteiger partial charge on any atom is -0.302 e. The van der Waals surface area contributed by atoms with Crippen molar-refractivity contribution < 1.29 is 17.1 Å². The molecule has 0 N–H and O–H groups in total. The van der Waals surface area contributed by atoms with Crippen LogP contribution in [0, 0.1) is 18.9 Å². The number of hydrogen-bond acceptors (Lipinski definition) is 1. The maximum atomic E-state index is 3.36. The molecule has 3 aliphatic rings.